The standard InChI is InChI=1S/C9H13N3O2S/c1-2-6-4-12-9(14-6)5-11-8(13)3-7(10)15/h4H,2-3,5H2,1H3,(H2,10,15)(H,11,13). The van der Waals surface area contributed by atoms with Gasteiger partial charge in [-0.2, -0.15) is 0 Å². The highest BCUT2D eigenvalue weighted by Crippen LogP contribution is 2.03. The molecule has 1 heterocycles. The molecule has 0 aliphatic rings. The van der Waals surface area contributed by atoms with E-state index in [4.69, 9.17) is 10.2 Å². The maximum absolute atomic E-state index is 11.2. The molecule has 0 aromatic carbocycles. The van der Waals surface area contributed by atoms with Crippen LogP contribution in [0.4, 0.5) is 0 Å². The lowest BCUT2D eigenvalue weighted by Gasteiger charge is -2.00. The number of rotatable bonds is 5. The van der Waals surface area contributed by atoms with Gasteiger partial charge in [0, 0.05) is 6.42 Å². The molecule has 0 saturated heterocycles. The molecule has 1 rings (SSSR count). The van der Waals surface area contributed by atoms with Gasteiger partial charge in [0.2, 0.25) is 11.8 Å². The number of oxazole rings is 1. The van der Waals surface area contributed by atoms with Gasteiger partial charge in [0.05, 0.1) is 24.2 Å². The zero-order chi connectivity index (χ0) is 11.3. The Labute approximate surface area is 93.0 Å². The van der Waals surface area contributed by atoms with Crippen molar-refractivity contribution in [3.63, 3.8) is 0 Å². The van der Waals surface area contributed by atoms with Gasteiger partial charge in [-0.15, -0.1) is 0 Å². The van der Waals surface area contributed by atoms with Crippen LogP contribution in [0.1, 0.15) is 25.0 Å². The van der Waals surface area contributed by atoms with Crippen molar-refractivity contribution in [2.24, 2.45) is 5.73 Å². The summed E-state index contributed by atoms with van der Waals surface area (Å²) in [7, 11) is 0. The average Bonchev–Trinajstić information content (AvgIpc) is 2.61. The maximum atomic E-state index is 11.2. The molecule has 5 nitrogen and oxygen atoms in total. The minimum Gasteiger partial charge on any atom is -0.444 e. The lowest BCUT2D eigenvalue weighted by molar-refractivity contribution is -0.120. The monoisotopic (exact) mass is 227 g/mol. The van der Waals surface area contributed by atoms with Gasteiger partial charge in [-0.25, -0.2) is 4.98 Å². The SMILES string of the molecule is CCc1cnc(CNC(=O)CC(N)=S)o1. The molecule has 1 aromatic heterocycles. The highest BCUT2D eigenvalue weighted by atomic mass is 32.1. The second kappa shape index (κ2) is 5.45. The van der Waals surface area contributed by atoms with Crippen LogP contribution >= 0.6 is 12.2 Å². The molecule has 0 radical (unpaired) electrons. The highest BCUT2D eigenvalue weighted by molar-refractivity contribution is 7.80. The molecule has 1 aromatic rings. The predicted molar refractivity (Wildman–Crippen MR) is 59.1 cm³/mol. The Hall–Kier alpha value is -1.43. The molecule has 82 valence electrons. The van der Waals surface area contributed by atoms with Crippen molar-refractivity contribution in [1.29, 1.82) is 0 Å². The van der Waals surface area contributed by atoms with Crippen molar-refractivity contribution in [3.05, 3.63) is 17.8 Å². The van der Waals surface area contributed by atoms with Crippen LogP contribution in [-0.4, -0.2) is 15.9 Å². The largest absolute Gasteiger partial charge is 0.444 e. The lowest BCUT2D eigenvalue weighted by Crippen LogP contribution is -2.27. The Balaban J connectivity index is 2.36. The van der Waals surface area contributed by atoms with Crippen molar-refractivity contribution >= 4 is 23.1 Å². The first-order valence-electron chi connectivity index (χ1n) is 4.60. The Bertz CT molecular complexity index is 362. The number of nitrogens with zero attached hydrogens (tertiary/aromatic N) is 1. The summed E-state index contributed by atoms with van der Waals surface area (Å²) in [4.78, 5) is 15.3. The minimum absolute atomic E-state index is 0.0523. The molecule has 1 amide bonds. The van der Waals surface area contributed by atoms with E-state index in [0.717, 1.165) is 12.2 Å². The van der Waals surface area contributed by atoms with Gasteiger partial charge in [-0.3, -0.25) is 4.79 Å². The van der Waals surface area contributed by atoms with E-state index in [1.54, 1.807) is 6.20 Å². The van der Waals surface area contributed by atoms with Crippen LogP contribution in [0.15, 0.2) is 10.6 Å². The molecule has 3 N–H and O–H groups in total. The summed E-state index contributed by atoms with van der Waals surface area (Å²) in [6.07, 6.45) is 2.49. The number of nitrogens with one attached hydrogen (secondary N) is 1. The van der Waals surface area contributed by atoms with Crippen LogP contribution < -0.4 is 11.1 Å². The summed E-state index contributed by atoms with van der Waals surface area (Å²) in [5.41, 5.74) is 5.22. The fourth-order valence-corrected chi connectivity index (χ4v) is 1.12. The fourth-order valence-electron chi connectivity index (χ4n) is 0.988. The summed E-state index contributed by atoms with van der Waals surface area (Å²) in [6.45, 7) is 2.23. The third-order valence-electron chi connectivity index (χ3n) is 1.72. The average molecular weight is 227 g/mol. The van der Waals surface area contributed by atoms with Gasteiger partial charge < -0.3 is 15.5 Å². The molecule has 0 fully saturated rings. The van der Waals surface area contributed by atoms with E-state index in [2.05, 4.69) is 22.5 Å². The molecule has 0 spiro atoms. The van der Waals surface area contributed by atoms with E-state index in [1.807, 2.05) is 6.92 Å². The number of aryl methyl sites for hydroxylation is 1. The molecular weight excluding hydrogens is 214 g/mol. The first kappa shape index (κ1) is 11.6. The Morgan fingerprint density at radius 2 is 2.47 bits per heavy atom. The summed E-state index contributed by atoms with van der Waals surface area (Å²) >= 11 is 4.60. The Morgan fingerprint density at radius 1 is 1.73 bits per heavy atom. The van der Waals surface area contributed by atoms with Crippen LogP contribution in [0.5, 0.6) is 0 Å². The molecule has 0 aliphatic carbocycles. The van der Waals surface area contributed by atoms with Gasteiger partial charge >= 0.3 is 0 Å². The van der Waals surface area contributed by atoms with Crippen LogP contribution in [0.3, 0.4) is 0 Å². The highest BCUT2D eigenvalue weighted by Gasteiger charge is 2.06. The van der Waals surface area contributed by atoms with Gasteiger partial charge in [0.25, 0.3) is 0 Å². The van der Waals surface area contributed by atoms with Crippen LogP contribution in [-0.2, 0) is 17.8 Å². The maximum Gasteiger partial charge on any atom is 0.227 e. The summed E-state index contributed by atoms with van der Waals surface area (Å²) in [5, 5.41) is 2.61. The van der Waals surface area contributed by atoms with Crippen LogP contribution in [0, 0.1) is 0 Å². The molecule has 0 aliphatic heterocycles. The van der Waals surface area contributed by atoms with E-state index >= 15 is 0 Å². The number of carbonyl (C=O) groups excluding carboxylic acids is 1. The van der Waals surface area contributed by atoms with Crippen molar-refractivity contribution in [1.82, 2.24) is 10.3 Å². The summed E-state index contributed by atoms with van der Waals surface area (Å²) in [5.74, 6) is 1.07. The molecule has 15 heavy (non-hydrogen) atoms. The Morgan fingerprint density at radius 3 is 3.00 bits per heavy atom. The molecule has 6 heteroatoms. The van der Waals surface area contributed by atoms with E-state index in [-0.39, 0.29) is 23.9 Å². The van der Waals surface area contributed by atoms with Gasteiger partial charge in [0.1, 0.15) is 5.76 Å². The number of hydrogen-bond donors (Lipinski definition) is 2. The first-order valence-corrected chi connectivity index (χ1v) is 5.01. The topological polar surface area (TPSA) is 81.2 Å². The van der Waals surface area contributed by atoms with Crippen molar-refractivity contribution in [3.8, 4) is 0 Å². The fraction of sp³-hybridized carbons (Fsp3) is 0.444. The molecule has 0 unspecified atom stereocenters. The Kier molecular flexibility index (Phi) is 4.23. The number of thiocarbonyl (C=S) groups is 1. The third-order valence-corrected chi connectivity index (χ3v) is 1.87. The van der Waals surface area contributed by atoms with Crippen LogP contribution in [0.25, 0.3) is 0 Å². The molecule has 0 atom stereocenters. The molecule has 0 saturated carbocycles. The summed E-state index contributed by atoms with van der Waals surface area (Å²) < 4.78 is 5.30. The lowest BCUT2D eigenvalue weighted by atomic mass is 10.4. The van der Waals surface area contributed by atoms with Crippen LogP contribution in [0.2, 0.25) is 0 Å². The van der Waals surface area contributed by atoms with E-state index < -0.39 is 0 Å². The minimum atomic E-state index is -0.223. The zero-order valence-electron chi connectivity index (χ0n) is 8.45. The second-order valence-electron chi connectivity index (χ2n) is 2.99. The quantitative estimate of drug-likeness (QED) is 0.717. The number of aromatic nitrogens is 1. The second-order valence-corrected chi connectivity index (χ2v) is 3.52. The van der Waals surface area contributed by atoms with Gasteiger partial charge in [-0.1, -0.05) is 19.1 Å². The number of carbonyl (C=O) groups is 1. The molecule has 0 bridgehead atoms. The molecular formula is C9H13N3O2S. The third kappa shape index (κ3) is 4.07. The smallest absolute Gasteiger partial charge is 0.227 e. The van der Waals surface area contributed by atoms with Gasteiger partial charge in [0.15, 0.2) is 0 Å². The van der Waals surface area contributed by atoms with Crippen molar-refractivity contribution in [2.45, 2.75) is 26.3 Å². The van der Waals surface area contributed by atoms with E-state index in [1.165, 1.54) is 0 Å². The van der Waals surface area contributed by atoms with Crippen molar-refractivity contribution < 1.29 is 9.21 Å². The van der Waals surface area contributed by atoms with Crippen molar-refractivity contribution in [2.75, 3.05) is 0 Å². The van der Waals surface area contributed by atoms with E-state index in [0.29, 0.717) is 5.89 Å². The van der Waals surface area contributed by atoms with E-state index in [9.17, 15) is 4.79 Å². The predicted octanol–water partition coefficient (Wildman–Crippen LogP) is 0.529. The number of nitrogens with two attached hydrogens (primary N) is 1. The van der Waals surface area contributed by atoms with Gasteiger partial charge in [-0.05, 0) is 0 Å². The number of hydrogen-bond acceptors (Lipinski definition) is 4. The number of amides is 1. The zero-order valence-corrected chi connectivity index (χ0v) is 9.26. The normalized spacial score (nSPS) is 9.93. The summed E-state index contributed by atoms with van der Waals surface area (Å²) in [6, 6.07) is 0. The first-order chi connectivity index (χ1) is 7.11.